The van der Waals surface area contributed by atoms with Gasteiger partial charge in [0, 0.05) is 0 Å². The first-order chi connectivity index (χ1) is 5.61. The zero-order chi connectivity index (χ0) is 9.19. The molecule has 1 rings (SSSR count). The van der Waals surface area contributed by atoms with Gasteiger partial charge in [-0.2, -0.15) is 0 Å². The number of hydrogen-bond acceptors (Lipinski definition) is 0. The molecule has 0 aromatic heterocycles. The van der Waals surface area contributed by atoms with Gasteiger partial charge in [-0.3, -0.25) is 0 Å². The van der Waals surface area contributed by atoms with Gasteiger partial charge in [0.2, 0.25) is 0 Å². The van der Waals surface area contributed by atoms with Crippen molar-refractivity contribution in [2.24, 2.45) is 17.3 Å². The summed E-state index contributed by atoms with van der Waals surface area (Å²) < 4.78 is 0. The lowest BCUT2D eigenvalue weighted by Gasteiger charge is -2.39. The Hall–Kier alpha value is -0.260. The molecular weight excluding hydrogens is 144 g/mol. The van der Waals surface area contributed by atoms with E-state index in [-0.39, 0.29) is 0 Å². The molecule has 0 aliphatic heterocycles. The van der Waals surface area contributed by atoms with Crippen LogP contribution in [-0.4, -0.2) is 0 Å². The Labute approximate surface area is 77.1 Å². The average Bonchev–Trinajstić information content (AvgIpc) is 2.10. The predicted octanol–water partition coefficient (Wildman–Crippen LogP) is 4.02. The van der Waals surface area contributed by atoms with Gasteiger partial charge in [0.15, 0.2) is 0 Å². The summed E-state index contributed by atoms with van der Waals surface area (Å²) >= 11 is 0. The minimum Gasteiger partial charge on any atom is -0.103 e. The second kappa shape index (κ2) is 3.64. The van der Waals surface area contributed by atoms with Crippen molar-refractivity contribution in [3.05, 3.63) is 12.7 Å². The number of hydrogen-bond donors (Lipinski definition) is 0. The van der Waals surface area contributed by atoms with Gasteiger partial charge in [0.05, 0.1) is 0 Å². The summed E-state index contributed by atoms with van der Waals surface area (Å²) in [6.45, 7) is 11.0. The molecule has 0 spiro atoms. The number of allylic oxidation sites excluding steroid dienone is 1. The molecular formula is C12H22. The molecule has 0 amide bonds. The summed E-state index contributed by atoms with van der Waals surface area (Å²) in [5, 5.41) is 0. The van der Waals surface area contributed by atoms with Gasteiger partial charge in [0.25, 0.3) is 0 Å². The van der Waals surface area contributed by atoms with E-state index in [4.69, 9.17) is 0 Å². The van der Waals surface area contributed by atoms with Gasteiger partial charge >= 0.3 is 0 Å². The number of rotatable bonds is 2. The van der Waals surface area contributed by atoms with Crippen molar-refractivity contribution >= 4 is 0 Å². The molecule has 0 N–H and O–H groups in total. The molecule has 1 fully saturated rings. The maximum atomic E-state index is 3.95. The lowest BCUT2D eigenvalue weighted by Crippen LogP contribution is -2.28. The molecule has 0 aromatic carbocycles. The van der Waals surface area contributed by atoms with E-state index in [9.17, 15) is 0 Å². The molecule has 3 atom stereocenters. The highest BCUT2D eigenvalue weighted by molar-refractivity contribution is 4.96. The summed E-state index contributed by atoms with van der Waals surface area (Å²) in [5.74, 6) is 1.87. The predicted molar refractivity (Wildman–Crippen MR) is 55.1 cm³/mol. The van der Waals surface area contributed by atoms with Crippen molar-refractivity contribution in [3.63, 3.8) is 0 Å². The Morgan fingerprint density at radius 1 is 1.58 bits per heavy atom. The van der Waals surface area contributed by atoms with Crippen LogP contribution < -0.4 is 0 Å². The lowest BCUT2D eigenvalue weighted by molar-refractivity contribution is 0.148. The fourth-order valence-electron chi connectivity index (χ4n) is 2.43. The van der Waals surface area contributed by atoms with Crippen molar-refractivity contribution in [3.8, 4) is 0 Å². The Bertz CT molecular complexity index is 159. The third kappa shape index (κ3) is 1.91. The highest BCUT2D eigenvalue weighted by Gasteiger charge is 2.32. The monoisotopic (exact) mass is 166 g/mol. The molecule has 12 heavy (non-hydrogen) atoms. The van der Waals surface area contributed by atoms with Gasteiger partial charge in [-0.1, -0.05) is 33.3 Å². The van der Waals surface area contributed by atoms with E-state index >= 15 is 0 Å². The quantitative estimate of drug-likeness (QED) is 0.543. The highest BCUT2D eigenvalue weighted by Crippen LogP contribution is 2.43. The molecule has 3 unspecified atom stereocenters. The first-order valence-electron chi connectivity index (χ1n) is 5.25. The third-order valence-electron chi connectivity index (χ3n) is 3.72. The SMILES string of the molecule is C=CC1(C)CCC(C)C(CC)C1. The fourth-order valence-corrected chi connectivity index (χ4v) is 2.43. The van der Waals surface area contributed by atoms with Crippen LogP contribution in [0, 0.1) is 17.3 Å². The van der Waals surface area contributed by atoms with E-state index in [1.807, 2.05) is 0 Å². The Morgan fingerprint density at radius 2 is 2.25 bits per heavy atom. The minimum absolute atomic E-state index is 0.438. The van der Waals surface area contributed by atoms with Crippen LogP contribution in [0.25, 0.3) is 0 Å². The molecule has 1 saturated carbocycles. The van der Waals surface area contributed by atoms with Gasteiger partial charge in [-0.25, -0.2) is 0 Å². The molecule has 0 radical (unpaired) electrons. The van der Waals surface area contributed by atoms with Gasteiger partial charge in [0.1, 0.15) is 0 Å². The summed E-state index contributed by atoms with van der Waals surface area (Å²) in [7, 11) is 0. The first-order valence-corrected chi connectivity index (χ1v) is 5.25. The van der Waals surface area contributed by atoms with E-state index in [2.05, 4.69) is 33.4 Å². The molecule has 70 valence electrons. The second-order valence-electron chi connectivity index (χ2n) is 4.75. The van der Waals surface area contributed by atoms with Crippen LogP contribution >= 0.6 is 0 Å². The average molecular weight is 166 g/mol. The van der Waals surface area contributed by atoms with E-state index < -0.39 is 0 Å². The Morgan fingerprint density at radius 3 is 2.75 bits per heavy atom. The molecule has 0 nitrogen and oxygen atoms in total. The standard InChI is InChI=1S/C12H22/c1-5-11-9-12(4,6-2)8-7-10(11)3/h6,10-11H,2,5,7-9H2,1,3-4H3. The van der Waals surface area contributed by atoms with E-state index in [0.717, 1.165) is 11.8 Å². The first kappa shape index (κ1) is 9.83. The molecule has 0 heteroatoms. The minimum atomic E-state index is 0.438. The normalized spacial score (nSPS) is 42.6. The lowest BCUT2D eigenvalue weighted by atomic mass is 9.66. The van der Waals surface area contributed by atoms with Crippen molar-refractivity contribution < 1.29 is 0 Å². The molecule has 0 heterocycles. The van der Waals surface area contributed by atoms with Crippen LogP contribution in [0.1, 0.15) is 46.5 Å². The van der Waals surface area contributed by atoms with Gasteiger partial charge in [-0.15, -0.1) is 6.58 Å². The van der Waals surface area contributed by atoms with Crippen LogP contribution in [0.15, 0.2) is 12.7 Å². The second-order valence-corrected chi connectivity index (χ2v) is 4.75. The van der Waals surface area contributed by atoms with Crippen LogP contribution in [-0.2, 0) is 0 Å². The van der Waals surface area contributed by atoms with Crippen LogP contribution in [0.5, 0.6) is 0 Å². The zero-order valence-corrected chi connectivity index (χ0v) is 8.77. The maximum Gasteiger partial charge on any atom is -0.0146 e. The summed E-state index contributed by atoms with van der Waals surface area (Å²) in [5.41, 5.74) is 0.438. The smallest absolute Gasteiger partial charge is 0.0146 e. The summed E-state index contributed by atoms with van der Waals surface area (Å²) in [6, 6.07) is 0. The molecule has 0 saturated heterocycles. The van der Waals surface area contributed by atoms with Crippen molar-refractivity contribution in [1.82, 2.24) is 0 Å². The van der Waals surface area contributed by atoms with E-state index in [0.29, 0.717) is 5.41 Å². The van der Waals surface area contributed by atoms with Crippen LogP contribution in [0.3, 0.4) is 0 Å². The fraction of sp³-hybridized carbons (Fsp3) is 0.833. The Kier molecular flexibility index (Phi) is 2.98. The van der Waals surface area contributed by atoms with Crippen molar-refractivity contribution in [1.29, 1.82) is 0 Å². The Balaban J connectivity index is 2.60. The van der Waals surface area contributed by atoms with E-state index in [1.165, 1.54) is 25.7 Å². The molecule has 0 aromatic rings. The van der Waals surface area contributed by atoms with Gasteiger partial charge < -0.3 is 0 Å². The topological polar surface area (TPSA) is 0 Å². The zero-order valence-electron chi connectivity index (χ0n) is 8.77. The highest BCUT2D eigenvalue weighted by atomic mass is 14.4. The maximum absolute atomic E-state index is 3.95. The van der Waals surface area contributed by atoms with Gasteiger partial charge in [-0.05, 0) is 36.5 Å². The van der Waals surface area contributed by atoms with Crippen molar-refractivity contribution in [2.45, 2.75) is 46.5 Å². The van der Waals surface area contributed by atoms with Crippen LogP contribution in [0.4, 0.5) is 0 Å². The molecule has 0 bridgehead atoms. The summed E-state index contributed by atoms with van der Waals surface area (Å²) in [6.07, 6.45) is 7.59. The summed E-state index contributed by atoms with van der Waals surface area (Å²) in [4.78, 5) is 0. The van der Waals surface area contributed by atoms with E-state index in [1.54, 1.807) is 0 Å². The third-order valence-corrected chi connectivity index (χ3v) is 3.72. The molecule has 1 aliphatic rings. The van der Waals surface area contributed by atoms with Crippen molar-refractivity contribution in [2.75, 3.05) is 0 Å². The largest absolute Gasteiger partial charge is 0.103 e. The van der Waals surface area contributed by atoms with Crippen LogP contribution in [0.2, 0.25) is 0 Å². The molecule has 1 aliphatic carbocycles.